The van der Waals surface area contributed by atoms with Crippen molar-refractivity contribution in [1.82, 2.24) is 9.55 Å². The maximum atomic E-state index is 11.3. The average Bonchev–Trinajstić information content (AvgIpc) is 2.08. The van der Waals surface area contributed by atoms with Crippen LogP contribution in [0.1, 0.15) is 6.42 Å². The summed E-state index contributed by atoms with van der Waals surface area (Å²) in [6, 6.07) is 0. The van der Waals surface area contributed by atoms with Crippen molar-refractivity contribution >= 4 is 15.9 Å². The standard InChI is InChI=1S/C7H10BrN3O/c8-6-4-10-5-11(7(6)12)3-1-2-9/h4-5H,1-3,9H2. The van der Waals surface area contributed by atoms with Gasteiger partial charge < -0.3 is 5.73 Å². The molecule has 0 aliphatic heterocycles. The molecule has 0 radical (unpaired) electrons. The summed E-state index contributed by atoms with van der Waals surface area (Å²) < 4.78 is 2.03. The van der Waals surface area contributed by atoms with Crippen molar-refractivity contribution < 1.29 is 0 Å². The van der Waals surface area contributed by atoms with Crippen LogP contribution in [-0.2, 0) is 6.54 Å². The highest BCUT2D eigenvalue weighted by atomic mass is 79.9. The number of hydrogen-bond acceptors (Lipinski definition) is 3. The molecule has 4 nitrogen and oxygen atoms in total. The Morgan fingerprint density at radius 3 is 3.08 bits per heavy atom. The summed E-state index contributed by atoms with van der Waals surface area (Å²) in [7, 11) is 0. The molecule has 0 saturated carbocycles. The normalized spacial score (nSPS) is 10.2. The quantitative estimate of drug-likeness (QED) is 0.818. The van der Waals surface area contributed by atoms with Crippen molar-refractivity contribution in [2.75, 3.05) is 6.54 Å². The Morgan fingerprint density at radius 1 is 1.67 bits per heavy atom. The van der Waals surface area contributed by atoms with Crippen molar-refractivity contribution in [3.8, 4) is 0 Å². The summed E-state index contributed by atoms with van der Waals surface area (Å²) >= 11 is 3.11. The molecule has 1 rings (SSSR count). The molecule has 0 amide bonds. The van der Waals surface area contributed by atoms with Crippen LogP contribution in [-0.4, -0.2) is 16.1 Å². The number of aryl methyl sites for hydroxylation is 1. The first-order valence-electron chi connectivity index (χ1n) is 3.65. The summed E-state index contributed by atoms with van der Waals surface area (Å²) in [5.41, 5.74) is 5.26. The van der Waals surface area contributed by atoms with Gasteiger partial charge in [-0.2, -0.15) is 0 Å². The van der Waals surface area contributed by atoms with Gasteiger partial charge in [0.1, 0.15) is 4.47 Å². The van der Waals surface area contributed by atoms with Crippen LogP contribution in [0, 0.1) is 0 Å². The van der Waals surface area contributed by atoms with E-state index in [4.69, 9.17) is 5.73 Å². The molecule has 1 aromatic rings. The van der Waals surface area contributed by atoms with E-state index < -0.39 is 0 Å². The van der Waals surface area contributed by atoms with Crippen LogP contribution >= 0.6 is 15.9 Å². The molecule has 1 heterocycles. The Hall–Kier alpha value is -0.680. The minimum Gasteiger partial charge on any atom is -0.330 e. The number of hydrogen-bond donors (Lipinski definition) is 1. The van der Waals surface area contributed by atoms with E-state index in [1.807, 2.05) is 0 Å². The highest BCUT2D eigenvalue weighted by molar-refractivity contribution is 9.10. The second-order valence-electron chi connectivity index (χ2n) is 2.38. The van der Waals surface area contributed by atoms with Crippen LogP contribution < -0.4 is 11.3 Å². The minimum atomic E-state index is -0.0570. The summed E-state index contributed by atoms with van der Waals surface area (Å²) in [5.74, 6) is 0. The number of aromatic nitrogens is 2. The molecule has 0 aliphatic rings. The lowest BCUT2D eigenvalue weighted by atomic mass is 10.4. The summed E-state index contributed by atoms with van der Waals surface area (Å²) in [6.07, 6.45) is 3.79. The van der Waals surface area contributed by atoms with E-state index in [9.17, 15) is 4.79 Å². The Kier molecular flexibility index (Phi) is 3.43. The molecule has 66 valence electrons. The predicted octanol–water partition coefficient (Wildman–Crippen LogP) is 0.355. The second kappa shape index (κ2) is 4.37. The number of nitrogens with zero attached hydrogens (tertiary/aromatic N) is 2. The Balaban J connectivity index is 2.85. The Bertz CT molecular complexity index is 310. The molecule has 0 atom stereocenters. The fourth-order valence-electron chi connectivity index (χ4n) is 0.845. The van der Waals surface area contributed by atoms with Gasteiger partial charge in [-0.3, -0.25) is 9.36 Å². The zero-order chi connectivity index (χ0) is 8.97. The van der Waals surface area contributed by atoms with Crippen molar-refractivity contribution in [3.05, 3.63) is 27.4 Å². The number of halogens is 1. The van der Waals surface area contributed by atoms with Crippen LogP contribution in [0.2, 0.25) is 0 Å². The van der Waals surface area contributed by atoms with Crippen molar-refractivity contribution in [2.24, 2.45) is 5.73 Å². The van der Waals surface area contributed by atoms with Gasteiger partial charge in [0.15, 0.2) is 0 Å². The fraction of sp³-hybridized carbons (Fsp3) is 0.429. The third kappa shape index (κ3) is 2.15. The molecule has 0 unspecified atom stereocenters. The lowest BCUT2D eigenvalue weighted by Crippen LogP contribution is -2.21. The molecule has 0 aliphatic carbocycles. The van der Waals surface area contributed by atoms with Gasteiger partial charge >= 0.3 is 0 Å². The van der Waals surface area contributed by atoms with Crippen LogP contribution in [0.4, 0.5) is 0 Å². The molecular weight excluding hydrogens is 222 g/mol. The molecule has 2 N–H and O–H groups in total. The molecule has 12 heavy (non-hydrogen) atoms. The lowest BCUT2D eigenvalue weighted by molar-refractivity contribution is 0.616. The predicted molar refractivity (Wildman–Crippen MR) is 49.9 cm³/mol. The van der Waals surface area contributed by atoms with E-state index in [-0.39, 0.29) is 5.56 Å². The first kappa shape index (κ1) is 9.41. The largest absolute Gasteiger partial charge is 0.330 e. The van der Waals surface area contributed by atoms with Gasteiger partial charge in [-0.15, -0.1) is 0 Å². The molecule has 0 saturated heterocycles. The highest BCUT2D eigenvalue weighted by Crippen LogP contribution is 1.98. The maximum absolute atomic E-state index is 11.3. The van der Waals surface area contributed by atoms with E-state index in [1.54, 1.807) is 0 Å². The first-order chi connectivity index (χ1) is 5.75. The van der Waals surface area contributed by atoms with Crippen molar-refractivity contribution in [2.45, 2.75) is 13.0 Å². The van der Waals surface area contributed by atoms with Gasteiger partial charge in [0.25, 0.3) is 5.56 Å². The molecule has 1 aromatic heterocycles. The smallest absolute Gasteiger partial charge is 0.267 e. The van der Waals surface area contributed by atoms with Crippen LogP contribution in [0.5, 0.6) is 0 Å². The van der Waals surface area contributed by atoms with Crippen LogP contribution in [0.3, 0.4) is 0 Å². The topological polar surface area (TPSA) is 60.9 Å². The number of nitrogens with two attached hydrogens (primary N) is 1. The zero-order valence-electron chi connectivity index (χ0n) is 6.53. The van der Waals surface area contributed by atoms with Crippen LogP contribution in [0.15, 0.2) is 21.8 Å². The van der Waals surface area contributed by atoms with Gasteiger partial charge in [0.2, 0.25) is 0 Å². The molecule has 0 bridgehead atoms. The van der Waals surface area contributed by atoms with E-state index in [0.29, 0.717) is 17.6 Å². The summed E-state index contributed by atoms with van der Waals surface area (Å²) in [5, 5.41) is 0. The number of rotatable bonds is 3. The van der Waals surface area contributed by atoms with Crippen molar-refractivity contribution in [3.63, 3.8) is 0 Å². The van der Waals surface area contributed by atoms with E-state index in [0.717, 1.165) is 6.42 Å². The Labute approximate surface area is 78.5 Å². The lowest BCUT2D eigenvalue weighted by Gasteiger charge is -2.02. The van der Waals surface area contributed by atoms with Gasteiger partial charge in [0, 0.05) is 12.7 Å². The molecular formula is C7H10BrN3O. The molecule has 0 spiro atoms. The van der Waals surface area contributed by atoms with Gasteiger partial charge in [-0.05, 0) is 28.9 Å². The zero-order valence-corrected chi connectivity index (χ0v) is 8.12. The van der Waals surface area contributed by atoms with E-state index in [2.05, 4.69) is 20.9 Å². The van der Waals surface area contributed by atoms with E-state index in [1.165, 1.54) is 17.1 Å². The van der Waals surface area contributed by atoms with Crippen LogP contribution in [0.25, 0.3) is 0 Å². The van der Waals surface area contributed by atoms with Gasteiger partial charge in [-0.25, -0.2) is 4.98 Å². The molecule has 0 fully saturated rings. The second-order valence-corrected chi connectivity index (χ2v) is 3.24. The van der Waals surface area contributed by atoms with Crippen molar-refractivity contribution in [1.29, 1.82) is 0 Å². The van der Waals surface area contributed by atoms with Gasteiger partial charge in [-0.1, -0.05) is 0 Å². The average molecular weight is 232 g/mol. The molecule has 0 aromatic carbocycles. The first-order valence-corrected chi connectivity index (χ1v) is 4.45. The monoisotopic (exact) mass is 231 g/mol. The fourth-order valence-corrected chi connectivity index (χ4v) is 1.19. The summed E-state index contributed by atoms with van der Waals surface area (Å²) in [6.45, 7) is 1.21. The van der Waals surface area contributed by atoms with E-state index >= 15 is 0 Å². The maximum Gasteiger partial charge on any atom is 0.267 e. The third-order valence-corrected chi connectivity index (χ3v) is 2.01. The van der Waals surface area contributed by atoms with Gasteiger partial charge in [0.05, 0.1) is 6.33 Å². The summed E-state index contributed by atoms with van der Waals surface area (Å²) in [4.78, 5) is 15.2. The molecule has 5 heteroatoms. The Morgan fingerprint density at radius 2 is 2.42 bits per heavy atom. The third-order valence-electron chi connectivity index (χ3n) is 1.46. The SMILES string of the molecule is NCCCn1cncc(Br)c1=O. The highest BCUT2D eigenvalue weighted by Gasteiger charge is 1.98. The minimum absolute atomic E-state index is 0.0570.